The molecule has 0 aliphatic carbocycles. The average molecular weight is 371 g/mol. The lowest BCUT2D eigenvalue weighted by Crippen LogP contribution is -2.37. The quantitative estimate of drug-likeness (QED) is 0.643. The number of aryl methyl sites for hydroxylation is 1. The molecule has 0 bridgehead atoms. The van der Waals surface area contributed by atoms with Crippen LogP contribution in [0.1, 0.15) is 18.5 Å². The average Bonchev–Trinajstić information content (AvgIpc) is 3.13. The topological polar surface area (TPSA) is 59.4 Å². The Kier molecular flexibility index (Phi) is 4.10. The Balaban J connectivity index is 1.79. The van der Waals surface area contributed by atoms with Gasteiger partial charge < -0.3 is 10.1 Å². The lowest BCUT2D eigenvalue weighted by Gasteiger charge is -2.18. The first-order valence-electron chi connectivity index (χ1n) is 6.70. The van der Waals surface area contributed by atoms with Crippen molar-refractivity contribution in [1.82, 2.24) is 20.0 Å². The van der Waals surface area contributed by atoms with E-state index in [0.29, 0.717) is 17.4 Å². The van der Waals surface area contributed by atoms with Gasteiger partial charge in [0.2, 0.25) is 0 Å². The minimum atomic E-state index is -0.122. The third kappa shape index (κ3) is 2.88. The van der Waals surface area contributed by atoms with E-state index in [4.69, 9.17) is 17.0 Å². The molecule has 2 aliphatic heterocycles. The van der Waals surface area contributed by atoms with Crippen LogP contribution < -0.4 is 5.32 Å². The summed E-state index contributed by atoms with van der Waals surface area (Å²) in [5.74, 6) is -0.122. The number of nitrogens with one attached hydrogen (secondary N) is 1. The Hall–Kier alpha value is -1.25. The Morgan fingerprint density at radius 1 is 1.67 bits per heavy atom. The third-order valence-electron chi connectivity index (χ3n) is 3.59. The van der Waals surface area contributed by atoms with Gasteiger partial charge in [0.05, 0.1) is 29.0 Å². The van der Waals surface area contributed by atoms with Gasteiger partial charge in [0.25, 0.3) is 5.91 Å². The minimum absolute atomic E-state index is 0.0801. The molecule has 2 saturated heterocycles. The fourth-order valence-electron chi connectivity index (χ4n) is 2.45. The molecule has 1 N–H and O–H groups in total. The largest absolute Gasteiger partial charge is 0.376 e. The van der Waals surface area contributed by atoms with E-state index in [2.05, 4.69) is 26.3 Å². The number of rotatable bonds is 3. The van der Waals surface area contributed by atoms with Gasteiger partial charge >= 0.3 is 0 Å². The van der Waals surface area contributed by atoms with Crippen LogP contribution in [0.3, 0.4) is 0 Å². The molecule has 1 unspecified atom stereocenters. The lowest BCUT2D eigenvalue weighted by atomic mass is 10.2. The summed E-state index contributed by atoms with van der Waals surface area (Å²) in [6, 6.07) is 0. The zero-order chi connectivity index (χ0) is 15.0. The highest BCUT2D eigenvalue weighted by Gasteiger charge is 2.33. The summed E-state index contributed by atoms with van der Waals surface area (Å²) in [4.78, 5) is 14.0. The Morgan fingerprint density at radius 2 is 2.48 bits per heavy atom. The van der Waals surface area contributed by atoms with Crippen molar-refractivity contribution in [2.75, 3.05) is 13.2 Å². The molecule has 1 amide bonds. The van der Waals surface area contributed by atoms with Gasteiger partial charge in [-0.05, 0) is 47.1 Å². The first-order valence-corrected chi connectivity index (χ1v) is 7.90. The predicted octanol–water partition coefficient (Wildman–Crippen LogP) is 1.42. The summed E-state index contributed by atoms with van der Waals surface area (Å²) >= 11 is 8.67. The molecule has 2 aliphatic rings. The number of carbonyl (C=O) groups excluding carboxylic acids is 1. The van der Waals surface area contributed by atoms with Gasteiger partial charge in [-0.3, -0.25) is 14.4 Å². The first kappa shape index (κ1) is 14.7. The van der Waals surface area contributed by atoms with Crippen molar-refractivity contribution in [1.29, 1.82) is 0 Å². The summed E-state index contributed by atoms with van der Waals surface area (Å²) in [6.45, 7) is 1.27. The van der Waals surface area contributed by atoms with Crippen LogP contribution in [0.4, 0.5) is 0 Å². The number of halogens is 1. The minimum Gasteiger partial charge on any atom is -0.376 e. The molecule has 1 atom stereocenters. The van der Waals surface area contributed by atoms with Crippen LogP contribution in [0.5, 0.6) is 0 Å². The van der Waals surface area contributed by atoms with Gasteiger partial charge in [-0.15, -0.1) is 0 Å². The van der Waals surface area contributed by atoms with Crippen molar-refractivity contribution in [2.45, 2.75) is 18.9 Å². The van der Waals surface area contributed by atoms with Gasteiger partial charge in [-0.1, -0.05) is 0 Å². The highest BCUT2D eigenvalue weighted by atomic mass is 79.9. The Bertz CT molecular complexity index is 602. The van der Waals surface area contributed by atoms with Gasteiger partial charge in [0.15, 0.2) is 5.11 Å². The van der Waals surface area contributed by atoms with Crippen molar-refractivity contribution < 1.29 is 9.53 Å². The zero-order valence-electron chi connectivity index (χ0n) is 11.5. The number of aromatic nitrogens is 2. The van der Waals surface area contributed by atoms with Crippen LogP contribution in [0.25, 0.3) is 6.08 Å². The molecule has 1 aromatic rings. The molecule has 112 valence electrons. The number of carbonyl (C=O) groups is 1. The van der Waals surface area contributed by atoms with E-state index in [0.717, 1.165) is 29.6 Å². The third-order valence-corrected chi connectivity index (χ3v) is 4.52. The van der Waals surface area contributed by atoms with Gasteiger partial charge in [-0.2, -0.15) is 5.10 Å². The zero-order valence-corrected chi connectivity index (χ0v) is 13.9. The summed E-state index contributed by atoms with van der Waals surface area (Å²) in [5, 5.41) is 7.53. The van der Waals surface area contributed by atoms with Gasteiger partial charge in [0.1, 0.15) is 5.70 Å². The van der Waals surface area contributed by atoms with Crippen molar-refractivity contribution in [3.63, 3.8) is 0 Å². The number of hydrogen-bond acceptors (Lipinski definition) is 4. The van der Waals surface area contributed by atoms with Crippen LogP contribution in [-0.4, -0.2) is 45.0 Å². The summed E-state index contributed by atoms with van der Waals surface area (Å²) in [6.07, 6.45) is 5.53. The molecule has 3 heterocycles. The summed E-state index contributed by atoms with van der Waals surface area (Å²) < 4.78 is 8.09. The molecule has 8 heteroatoms. The van der Waals surface area contributed by atoms with E-state index in [1.807, 2.05) is 7.05 Å². The van der Waals surface area contributed by atoms with Crippen LogP contribution in [-0.2, 0) is 16.6 Å². The van der Waals surface area contributed by atoms with Crippen molar-refractivity contribution in [3.05, 3.63) is 22.1 Å². The predicted molar refractivity (Wildman–Crippen MR) is 85.3 cm³/mol. The molecule has 21 heavy (non-hydrogen) atoms. The van der Waals surface area contributed by atoms with Gasteiger partial charge in [-0.25, -0.2) is 0 Å². The molecule has 1 aromatic heterocycles. The number of hydrogen-bond donors (Lipinski definition) is 1. The summed E-state index contributed by atoms with van der Waals surface area (Å²) in [7, 11) is 1.82. The van der Waals surface area contributed by atoms with Crippen molar-refractivity contribution >= 4 is 45.2 Å². The Morgan fingerprint density at radius 3 is 3.10 bits per heavy atom. The molecule has 0 aromatic carbocycles. The maximum Gasteiger partial charge on any atom is 0.276 e. The van der Waals surface area contributed by atoms with Crippen molar-refractivity contribution in [2.24, 2.45) is 7.05 Å². The Labute approximate surface area is 136 Å². The van der Waals surface area contributed by atoms with E-state index in [1.54, 1.807) is 21.9 Å². The van der Waals surface area contributed by atoms with E-state index >= 15 is 0 Å². The highest BCUT2D eigenvalue weighted by Crippen LogP contribution is 2.22. The molecule has 0 saturated carbocycles. The lowest BCUT2D eigenvalue weighted by molar-refractivity contribution is -0.123. The number of thiocarbonyl (C=S) groups is 1. The molecular formula is C13H15BrN4O2S. The second-order valence-corrected chi connectivity index (χ2v) is 6.28. The number of nitrogens with zero attached hydrogens (tertiary/aromatic N) is 3. The molecule has 6 nitrogen and oxygen atoms in total. The normalized spacial score (nSPS) is 24.2. The fourth-order valence-corrected chi connectivity index (χ4v) is 3.18. The fraction of sp³-hybridized carbons (Fsp3) is 0.462. The molecular weight excluding hydrogens is 356 g/mol. The highest BCUT2D eigenvalue weighted by molar-refractivity contribution is 9.10. The van der Waals surface area contributed by atoms with Crippen LogP contribution >= 0.6 is 28.1 Å². The first-order chi connectivity index (χ1) is 10.1. The van der Waals surface area contributed by atoms with Crippen LogP contribution in [0.15, 0.2) is 16.4 Å². The van der Waals surface area contributed by atoms with E-state index < -0.39 is 0 Å². The molecule has 0 radical (unpaired) electrons. The van der Waals surface area contributed by atoms with E-state index in [9.17, 15) is 4.79 Å². The maximum absolute atomic E-state index is 12.5. The summed E-state index contributed by atoms with van der Waals surface area (Å²) in [5.41, 5.74) is 1.27. The van der Waals surface area contributed by atoms with Crippen molar-refractivity contribution in [3.8, 4) is 0 Å². The number of ether oxygens (including phenoxy) is 1. The molecule has 2 fully saturated rings. The number of amides is 1. The molecule has 0 spiro atoms. The van der Waals surface area contributed by atoms with Crippen LogP contribution in [0, 0.1) is 0 Å². The molecule has 3 rings (SSSR count). The van der Waals surface area contributed by atoms with Crippen LogP contribution in [0.2, 0.25) is 0 Å². The van der Waals surface area contributed by atoms with E-state index in [1.165, 1.54) is 0 Å². The van der Waals surface area contributed by atoms with E-state index in [-0.39, 0.29) is 12.0 Å². The smallest absolute Gasteiger partial charge is 0.276 e. The SMILES string of the molecule is Cn1ncc(Br)c1/C=C1/NC(=S)N(CC2CCCO2)C1=O. The second-order valence-electron chi connectivity index (χ2n) is 5.04. The standard InChI is InChI=1S/C13H15BrN4O2S/c1-17-11(9(14)6-15-17)5-10-12(19)18(13(21)16-10)7-8-3-2-4-20-8/h5-6,8H,2-4,7H2,1H3,(H,16,21)/b10-5+. The van der Waals surface area contributed by atoms with Gasteiger partial charge in [0, 0.05) is 13.7 Å². The monoisotopic (exact) mass is 370 g/mol. The second kappa shape index (κ2) is 5.86. The maximum atomic E-state index is 12.5.